The average Bonchev–Trinajstić information content (AvgIpc) is 2.05. The number of hydrogen-bond donors (Lipinski definition) is 1. The van der Waals surface area contributed by atoms with Gasteiger partial charge in [0.1, 0.15) is 0 Å². The van der Waals surface area contributed by atoms with E-state index in [0.29, 0.717) is 0 Å². The Balaban J connectivity index is 3.84. The van der Waals surface area contributed by atoms with Gasteiger partial charge >= 0.3 is 8.80 Å². The Morgan fingerprint density at radius 1 is 1.33 bits per heavy atom. The van der Waals surface area contributed by atoms with Crippen LogP contribution in [0, 0.1) is 0 Å². The molecule has 0 rings (SSSR count). The van der Waals surface area contributed by atoms with E-state index in [1.54, 1.807) is 14.2 Å². The third kappa shape index (κ3) is 4.17. The zero-order chi connectivity index (χ0) is 9.61. The molecular formula is C7H19NO3Si. The highest BCUT2D eigenvalue weighted by Gasteiger charge is 2.33. The second kappa shape index (κ2) is 5.66. The molecule has 0 amide bonds. The summed E-state index contributed by atoms with van der Waals surface area (Å²) in [5.41, 5.74) is 5.67. The van der Waals surface area contributed by atoms with Crippen molar-refractivity contribution in [1.29, 1.82) is 0 Å². The smallest absolute Gasteiger partial charge is 0.377 e. The third-order valence-electron chi connectivity index (χ3n) is 1.68. The summed E-state index contributed by atoms with van der Waals surface area (Å²) in [6.45, 7) is 3.88. The minimum absolute atomic E-state index is 0.272. The van der Waals surface area contributed by atoms with E-state index in [2.05, 4.69) is 6.92 Å². The lowest BCUT2D eigenvalue weighted by Crippen LogP contribution is -2.46. The van der Waals surface area contributed by atoms with Crippen LogP contribution >= 0.6 is 0 Å². The van der Waals surface area contributed by atoms with Crippen molar-refractivity contribution >= 4 is 8.80 Å². The molecular weight excluding hydrogens is 174 g/mol. The molecule has 0 aliphatic carbocycles. The summed E-state index contributed by atoms with van der Waals surface area (Å²) in [6, 6.07) is 0. The lowest BCUT2D eigenvalue weighted by atomic mass is 10.3. The van der Waals surface area contributed by atoms with Gasteiger partial charge in [0.25, 0.3) is 0 Å². The van der Waals surface area contributed by atoms with E-state index in [0.717, 1.165) is 12.8 Å². The molecule has 1 atom stereocenters. The highest BCUT2D eigenvalue weighted by Crippen LogP contribution is 2.09. The number of rotatable bonds is 6. The molecule has 0 fully saturated rings. The first-order chi connectivity index (χ1) is 5.58. The SMILES string of the molecule is CCCC(N)O[Si](C)(OC)OC. The van der Waals surface area contributed by atoms with Crippen molar-refractivity contribution < 1.29 is 13.3 Å². The predicted molar refractivity (Wildman–Crippen MR) is 49.6 cm³/mol. The lowest BCUT2D eigenvalue weighted by Gasteiger charge is -2.25. The van der Waals surface area contributed by atoms with E-state index in [-0.39, 0.29) is 6.23 Å². The Labute approximate surface area is 75.4 Å². The average molecular weight is 193 g/mol. The Hall–Kier alpha value is 0.0569. The summed E-state index contributed by atoms with van der Waals surface area (Å²) >= 11 is 0. The zero-order valence-corrected chi connectivity index (χ0v) is 9.29. The van der Waals surface area contributed by atoms with Crippen LogP contribution in [0.3, 0.4) is 0 Å². The van der Waals surface area contributed by atoms with Crippen LogP contribution in [0.5, 0.6) is 0 Å². The van der Waals surface area contributed by atoms with Crippen molar-refractivity contribution in [3.05, 3.63) is 0 Å². The Morgan fingerprint density at radius 3 is 2.17 bits per heavy atom. The summed E-state index contributed by atoms with van der Waals surface area (Å²) in [5.74, 6) is 0. The summed E-state index contributed by atoms with van der Waals surface area (Å²) in [4.78, 5) is 0. The fourth-order valence-corrected chi connectivity index (χ4v) is 1.82. The fraction of sp³-hybridized carbons (Fsp3) is 1.00. The monoisotopic (exact) mass is 193 g/mol. The van der Waals surface area contributed by atoms with Crippen LogP contribution in [-0.4, -0.2) is 29.3 Å². The highest BCUT2D eigenvalue weighted by molar-refractivity contribution is 6.59. The van der Waals surface area contributed by atoms with Gasteiger partial charge in [0.05, 0.1) is 6.23 Å². The van der Waals surface area contributed by atoms with E-state index in [1.807, 2.05) is 6.55 Å². The van der Waals surface area contributed by atoms with E-state index in [1.165, 1.54) is 0 Å². The molecule has 0 saturated heterocycles. The van der Waals surface area contributed by atoms with Gasteiger partial charge in [-0.3, -0.25) is 0 Å². The van der Waals surface area contributed by atoms with Gasteiger partial charge in [-0.05, 0) is 6.42 Å². The molecule has 0 bridgehead atoms. The predicted octanol–water partition coefficient (Wildman–Crippen LogP) is 0.949. The van der Waals surface area contributed by atoms with E-state index >= 15 is 0 Å². The van der Waals surface area contributed by atoms with Crippen molar-refractivity contribution in [2.75, 3.05) is 14.2 Å². The lowest BCUT2D eigenvalue weighted by molar-refractivity contribution is 0.0596. The molecule has 2 N–H and O–H groups in total. The van der Waals surface area contributed by atoms with Gasteiger partial charge in [-0.15, -0.1) is 0 Å². The molecule has 5 heteroatoms. The Morgan fingerprint density at radius 2 is 1.83 bits per heavy atom. The number of nitrogens with two attached hydrogens (primary N) is 1. The highest BCUT2D eigenvalue weighted by atomic mass is 28.4. The number of hydrogen-bond acceptors (Lipinski definition) is 4. The molecule has 0 aromatic carbocycles. The maximum Gasteiger partial charge on any atom is 0.498 e. The minimum atomic E-state index is -2.42. The van der Waals surface area contributed by atoms with Gasteiger partial charge in [-0.1, -0.05) is 13.3 Å². The van der Waals surface area contributed by atoms with Crippen LogP contribution in [0.2, 0.25) is 6.55 Å². The Bertz CT molecular complexity index is 119. The molecule has 1 unspecified atom stereocenters. The van der Waals surface area contributed by atoms with Crippen molar-refractivity contribution in [1.82, 2.24) is 0 Å². The van der Waals surface area contributed by atoms with Gasteiger partial charge in [0, 0.05) is 20.8 Å². The topological polar surface area (TPSA) is 53.7 Å². The maximum absolute atomic E-state index is 5.67. The van der Waals surface area contributed by atoms with Crippen LogP contribution in [0.4, 0.5) is 0 Å². The molecule has 0 heterocycles. The largest absolute Gasteiger partial charge is 0.498 e. The summed E-state index contributed by atoms with van der Waals surface area (Å²) < 4.78 is 15.7. The molecule has 0 saturated carbocycles. The molecule has 74 valence electrons. The van der Waals surface area contributed by atoms with Gasteiger partial charge < -0.3 is 19.0 Å². The first-order valence-electron chi connectivity index (χ1n) is 4.11. The Kier molecular flexibility index (Phi) is 5.69. The van der Waals surface area contributed by atoms with Crippen molar-refractivity contribution in [3.8, 4) is 0 Å². The van der Waals surface area contributed by atoms with Gasteiger partial charge in [0.2, 0.25) is 0 Å². The normalized spacial score (nSPS) is 14.8. The molecule has 0 spiro atoms. The van der Waals surface area contributed by atoms with Crippen LogP contribution in [0.15, 0.2) is 0 Å². The molecule has 12 heavy (non-hydrogen) atoms. The molecule has 0 radical (unpaired) electrons. The summed E-state index contributed by atoms with van der Waals surface area (Å²) in [7, 11) is 0.733. The van der Waals surface area contributed by atoms with Crippen molar-refractivity contribution in [2.45, 2.75) is 32.5 Å². The van der Waals surface area contributed by atoms with E-state index in [9.17, 15) is 0 Å². The summed E-state index contributed by atoms with van der Waals surface area (Å²) in [6.07, 6.45) is 1.56. The van der Waals surface area contributed by atoms with Gasteiger partial charge in [-0.25, -0.2) is 0 Å². The quantitative estimate of drug-likeness (QED) is 0.504. The molecule has 0 aromatic rings. The molecule has 0 aliphatic heterocycles. The minimum Gasteiger partial charge on any atom is -0.377 e. The second-order valence-electron chi connectivity index (χ2n) is 2.72. The molecule has 4 nitrogen and oxygen atoms in total. The van der Waals surface area contributed by atoms with E-state index in [4.69, 9.17) is 19.0 Å². The van der Waals surface area contributed by atoms with Crippen molar-refractivity contribution in [3.63, 3.8) is 0 Å². The van der Waals surface area contributed by atoms with Crippen molar-refractivity contribution in [2.24, 2.45) is 5.73 Å². The van der Waals surface area contributed by atoms with Crippen LogP contribution in [-0.2, 0) is 13.3 Å². The first-order valence-corrected chi connectivity index (χ1v) is 6.34. The zero-order valence-electron chi connectivity index (χ0n) is 8.29. The van der Waals surface area contributed by atoms with Gasteiger partial charge in [-0.2, -0.15) is 0 Å². The molecule has 0 aliphatic rings. The maximum atomic E-state index is 5.67. The third-order valence-corrected chi connectivity index (χ3v) is 3.89. The first kappa shape index (κ1) is 12.1. The molecule has 0 aromatic heterocycles. The standard InChI is InChI=1S/C7H19NO3Si/c1-5-6-7(8)11-12(4,9-2)10-3/h7H,5-6,8H2,1-4H3. The van der Waals surface area contributed by atoms with Gasteiger partial charge in [0.15, 0.2) is 0 Å². The van der Waals surface area contributed by atoms with Crippen LogP contribution < -0.4 is 5.73 Å². The second-order valence-corrected chi connectivity index (χ2v) is 5.49. The van der Waals surface area contributed by atoms with E-state index < -0.39 is 8.80 Å². The van der Waals surface area contributed by atoms with Crippen LogP contribution in [0.1, 0.15) is 19.8 Å². The fourth-order valence-electron chi connectivity index (χ4n) is 0.798. The summed E-state index contributed by atoms with van der Waals surface area (Å²) in [5, 5.41) is 0. The van der Waals surface area contributed by atoms with Crippen LogP contribution in [0.25, 0.3) is 0 Å².